The molecule has 0 unspecified atom stereocenters. The smallest absolute Gasteiger partial charge is 0.207 e. The summed E-state index contributed by atoms with van der Waals surface area (Å²) in [6, 6.07) is 5.30. The molecule has 0 amide bonds. The first kappa shape index (κ1) is 15.7. The summed E-state index contributed by atoms with van der Waals surface area (Å²) in [6.07, 6.45) is 5.77. The Labute approximate surface area is 129 Å². The molecule has 1 aromatic rings. The standard InChI is InChI=1S/C15H20BrNO2S/c1-3-10-17(13-6-4-5-7-13)20(18,19)14-8-9-15(16)12(2)11-14/h3,8-9,11,13H,1,4-7,10H2,2H3. The number of hydrogen-bond donors (Lipinski definition) is 0. The van der Waals surface area contributed by atoms with Gasteiger partial charge in [-0.15, -0.1) is 6.58 Å². The second-order valence-electron chi connectivity index (χ2n) is 5.21. The molecule has 5 heteroatoms. The van der Waals surface area contributed by atoms with Crippen molar-refractivity contribution in [3.05, 3.63) is 40.9 Å². The zero-order valence-corrected chi connectivity index (χ0v) is 14.1. The van der Waals surface area contributed by atoms with Gasteiger partial charge in [0.15, 0.2) is 0 Å². The molecule has 0 saturated heterocycles. The molecule has 0 radical (unpaired) electrons. The van der Waals surface area contributed by atoms with Gasteiger partial charge in [-0.25, -0.2) is 8.42 Å². The maximum Gasteiger partial charge on any atom is 0.243 e. The van der Waals surface area contributed by atoms with Gasteiger partial charge < -0.3 is 0 Å². The lowest BCUT2D eigenvalue weighted by Gasteiger charge is -2.27. The van der Waals surface area contributed by atoms with E-state index in [1.807, 2.05) is 6.92 Å². The maximum absolute atomic E-state index is 12.8. The van der Waals surface area contributed by atoms with Gasteiger partial charge in [-0.3, -0.25) is 0 Å². The lowest BCUT2D eigenvalue weighted by molar-refractivity contribution is 0.347. The second kappa shape index (κ2) is 6.41. The van der Waals surface area contributed by atoms with E-state index in [4.69, 9.17) is 0 Å². The summed E-state index contributed by atoms with van der Waals surface area (Å²) in [5, 5.41) is 0. The Morgan fingerprint density at radius 3 is 2.60 bits per heavy atom. The van der Waals surface area contributed by atoms with Crippen LogP contribution in [0.4, 0.5) is 0 Å². The van der Waals surface area contributed by atoms with Gasteiger partial charge in [0, 0.05) is 17.1 Å². The third kappa shape index (κ3) is 3.15. The summed E-state index contributed by atoms with van der Waals surface area (Å²) in [6.45, 7) is 5.97. The minimum Gasteiger partial charge on any atom is -0.207 e. The highest BCUT2D eigenvalue weighted by Crippen LogP contribution is 2.29. The second-order valence-corrected chi connectivity index (χ2v) is 7.96. The van der Waals surface area contributed by atoms with Crippen LogP contribution in [-0.2, 0) is 10.0 Å². The average Bonchev–Trinajstić information content (AvgIpc) is 2.92. The molecule has 0 heterocycles. The van der Waals surface area contributed by atoms with E-state index < -0.39 is 10.0 Å². The molecule has 0 spiro atoms. The molecule has 0 N–H and O–H groups in total. The van der Waals surface area contributed by atoms with Crippen molar-refractivity contribution in [1.82, 2.24) is 4.31 Å². The number of hydrogen-bond acceptors (Lipinski definition) is 2. The molecule has 3 nitrogen and oxygen atoms in total. The molecular formula is C15H20BrNO2S. The summed E-state index contributed by atoms with van der Waals surface area (Å²) in [5.74, 6) is 0. The fourth-order valence-corrected chi connectivity index (χ4v) is 4.66. The molecule has 0 atom stereocenters. The van der Waals surface area contributed by atoms with Crippen molar-refractivity contribution in [2.24, 2.45) is 0 Å². The Balaban J connectivity index is 2.38. The van der Waals surface area contributed by atoms with Crippen molar-refractivity contribution in [2.75, 3.05) is 6.54 Å². The van der Waals surface area contributed by atoms with Crippen LogP contribution in [0.15, 0.2) is 40.2 Å². The number of nitrogens with zero attached hydrogens (tertiary/aromatic N) is 1. The molecule has 0 bridgehead atoms. The Hall–Kier alpha value is -0.650. The van der Waals surface area contributed by atoms with Crippen molar-refractivity contribution in [3.63, 3.8) is 0 Å². The van der Waals surface area contributed by atoms with Crippen LogP contribution in [0, 0.1) is 6.92 Å². The minimum absolute atomic E-state index is 0.113. The first-order chi connectivity index (χ1) is 9.46. The zero-order chi connectivity index (χ0) is 14.8. The summed E-state index contributed by atoms with van der Waals surface area (Å²) in [5.41, 5.74) is 0.927. The van der Waals surface area contributed by atoms with E-state index in [9.17, 15) is 8.42 Å². The lowest BCUT2D eigenvalue weighted by Crippen LogP contribution is -2.38. The van der Waals surface area contributed by atoms with Crippen molar-refractivity contribution in [3.8, 4) is 0 Å². The molecule has 1 aromatic carbocycles. The van der Waals surface area contributed by atoms with Gasteiger partial charge in [0.2, 0.25) is 10.0 Å². The zero-order valence-electron chi connectivity index (χ0n) is 11.7. The Kier molecular flexibility index (Phi) is 5.04. The molecule has 0 aromatic heterocycles. The van der Waals surface area contributed by atoms with Gasteiger partial charge in [0.1, 0.15) is 0 Å². The molecule has 1 saturated carbocycles. The fraction of sp³-hybridized carbons (Fsp3) is 0.467. The minimum atomic E-state index is -3.44. The first-order valence-electron chi connectivity index (χ1n) is 6.85. The quantitative estimate of drug-likeness (QED) is 0.749. The van der Waals surface area contributed by atoms with Crippen molar-refractivity contribution in [2.45, 2.75) is 43.5 Å². The van der Waals surface area contributed by atoms with E-state index in [1.54, 1.807) is 28.6 Å². The highest BCUT2D eigenvalue weighted by Gasteiger charge is 2.32. The molecule has 110 valence electrons. The first-order valence-corrected chi connectivity index (χ1v) is 9.09. The van der Waals surface area contributed by atoms with Gasteiger partial charge in [0.25, 0.3) is 0 Å². The summed E-state index contributed by atoms with van der Waals surface area (Å²) in [4.78, 5) is 0.368. The third-order valence-electron chi connectivity index (χ3n) is 3.78. The number of rotatable bonds is 5. The van der Waals surface area contributed by atoms with Crippen LogP contribution in [0.25, 0.3) is 0 Å². The van der Waals surface area contributed by atoms with Crippen LogP contribution in [0.1, 0.15) is 31.2 Å². The van der Waals surface area contributed by atoms with Crippen LogP contribution in [0.3, 0.4) is 0 Å². The lowest BCUT2D eigenvalue weighted by atomic mass is 10.2. The summed E-state index contributed by atoms with van der Waals surface area (Å²) in [7, 11) is -3.44. The van der Waals surface area contributed by atoms with E-state index >= 15 is 0 Å². The molecule has 2 rings (SSSR count). The van der Waals surface area contributed by atoms with Crippen molar-refractivity contribution in [1.29, 1.82) is 0 Å². The van der Waals surface area contributed by atoms with Crippen LogP contribution in [0.2, 0.25) is 0 Å². The fourth-order valence-electron chi connectivity index (χ4n) is 2.68. The highest BCUT2D eigenvalue weighted by molar-refractivity contribution is 9.10. The normalized spacial score (nSPS) is 16.8. The maximum atomic E-state index is 12.8. The SMILES string of the molecule is C=CCN(C1CCCC1)S(=O)(=O)c1ccc(Br)c(C)c1. The van der Waals surface area contributed by atoms with Gasteiger partial charge in [-0.1, -0.05) is 34.8 Å². The van der Waals surface area contributed by atoms with Gasteiger partial charge in [-0.05, 0) is 43.5 Å². The largest absolute Gasteiger partial charge is 0.243 e. The third-order valence-corrected chi connectivity index (χ3v) is 6.58. The average molecular weight is 358 g/mol. The molecule has 1 aliphatic rings. The van der Waals surface area contributed by atoms with Crippen LogP contribution >= 0.6 is 15.9 Å². The number of sulfonamides is 1. The molecule has 0 aliphatic heterocycles. The highest BCUT2D eigenvalue weighted by atomic mass is 79.9. The summed E-state index contributed by atoms with van der Waals surface area (Å²) >= 11 is 3.41. The van der Waals surface area contributed by atoms with Gasteiger partial charge in [0.05, 0.1) is 4.90 Å². The number of benzene rings is 1. The number of halogens is 1. The van der Waals surface area contributed by atoms with Gasteiger partial charge in [-0.2, -0.15) is 4.31 Å². The van der Waals surface area contributed by atoms with E-state index in [2.05, 4.69) is 22.5 Å². The number of aryl methyl sites for hydroxylation is 1. The molecule has 1 aliphatic carbocycles. The van der Waals surface area contributed by atoms with Crippen LogP contribution < -0.4 is 0 Å². The van der Waals surface area contributed by atoms with E-state index in [0.29, 0.717) is 11.4 Å². The Morgan fingerprint density at radius 2 is 2.05 bits per heavy atom. The van der Waals surface area contributed by atoms with Crippen molar-refractivity contribution < 1.29 is 8.42 Å². The van der Waals surface area contributed by atoms with Gasteiger partial charge >= 0.3 is 0 Å². The molecular weight excluding hydrogens is 338 g/mol. The van der Waals surface area contributed by atoms with Crippen molar-refractivity contribution >= 4 is 26.0 Å². The predicted octanol–water partition coefficient (Wildman–Crippen LogP) is 3.88. The van der Waals surface area contributed by atoms with Crippen LogP contribution in [0.5, 0.6) is 0 Å². The molecule has 20 heavy (non-hydrogen) atoms. The molecule has 1 fully saturated rings. The predicted molar refractivity (Wildman–Crippen MR) is 85.2 cm³/mol. The Morgan fingerprint density at radius 1 is 1.40 bits per heavy atom. The van der Waals surface area contributed by atoms with Crippen LogP contribution in [-0.4, -0.2) is 25.3 Å². The Bertz CT molecular complexity index is 592. The van der Waals surface area contributed by atoms with E-state index in [-0.39, 0.29) is 6.04 Å². The monoisotopic (exact) mass is 357 g/mol. The summed E-state index contributed by atoms with van der Waals surface area (Å²) < 4.78 is 28.2. The van der Waals surface area contributed by atoms with E-state index in [0.717, 1.165) is 35.7 Å². The van der Waals surface area contributed by atoms with E-state index in [1.165, 1.54) is 0 Å². The topological polar surface area (TPSA) is 37.4 Å².